The lowest BCUT2D eigenvalue weighted by atomic mass is 10.1. The molecule has 0 saturated heterocycles. The number of hydrogen-bond acceptors (Lipinski definition) is 5. The number of allylic oxidation sites excluding steroid dienone is 1. The largest absolute Gasteiger partial charge is 0.488 e. The summed E-state index contributed by atoms with van der Waals surface area (Å²) in [5.41, 5.74) is 1.18. The van der Waals surface area contributed by atoms with Crippen LogP contribution in [0.15, 0.2) is 48.0 Å². The lowest BCUT2D eigenvalue weighted by Gasteiger charge is -2.13. The van der Waals surface area contributed by atoms with Crippen molar-refractivity contribution in [1.29, 1.82) is 0 Å². The van der Waals surface area contributed by atoms with Gasteiger partial charge in [-0.25, -0.2) is 4.79 Å². The number of carboxylic acid groups (broad SMARTS) is 1. The number of carbonyl (C=O) groups is 1. The molecular formula is C27H25ClF6O6. The van der Waals surface area contributed by atoms with E-state index in [0.29, 0.717) is 16.9 Å². The summed E-state index contributed by atoms with van der Waals surface area (Å²) in [5, 5.41) is 9.46. The Morgan fingerprint density at radius 2 is 1.60 bits per heavy atom. The van der Waals surface area contributed by atoms with E-state index in [0.717, 1.165) is 18.2 Å². The number of rotatable bonds is 12. The van der Waals surface area contributed by atoms with Gasteiger partial charge in [0, 0.05) is 24.7 Å². The minimum absolute atomic E-state index is 0.0327. The quantitative estimate of drug-likeness (QED) is 0.220. The molecule has 0 aliphatic rings. The van der Waals surface area contributed by atoms with Gasteiger partial charge in [-0.15, -0.1) is 0 Å². The first-order chi connectivity index (χ1) is 18.6. The topological polar surface area (TPSA) is 74.2 Å². The van der Waals surface area contributed by atoms with Crippen molar-refractivity contribution in [3.63, 3.8) is 0 Å². The maximum absolute atomic E-state index is 12.5. The Balaban J connectivity index is 2.09. The first-order valence-electron chi connectivity index (χ1n) is 11.6. The highest BCUT2D eigenvalue weighted by atomic mass is 35.5. The molecule has 0 saturated carbocycles. The summed E-state index contributed by atoms with van der Waals surface area (Å²) in [6.07, 6.45) is -8.62. The van der Waals surface area contributed by atoms with E-state index in [4.69, 9.17) is 21.1 Å². The van der Waals surface area contributed by atoms with Crippen molar-refractivity contribution in [2.75, 3.05) is 26.4 Å². The maximum Gasteiger partial charge on any atom is 0.422 e. The Morgan fingerprint density at radius 1 is 1.00 bits per heavy atom. The van der Waals surface area contributed by atoms with E-state index >= 15 is 0 Å². The molecule has 0 amide bonds. The number of hydrogen-bond donors (Lipinski definition) is 1. The lowest BCUT2D eigenvalue weighted by Crippen LogP contribution is -2.26. The first-order valence-corrected chi connectivity index (χ1v) is 12.0. The van der Waals surface area contributed by atoms with Gasteiger partial charge in [-0.1, -0.05) is 29.5 Å². The van der Waals surface area contributed by atoms with E-state index < -0.39 is 37.6 Å². The molecule has 2 aromatic carbocycles. The average molecular weight is 595 g/mol. The van der Waals surface area contributed by atoms with E-state index in [9.17, 15) is 36.2 Å². The van der Waals surface area contributed by atoms with Crippen LogP contribution in [0.4, 0.5) is 26.3 Å². The van der Waals surface area contributed by atoms with Crippen LogP contribution >= 0.6 is 11.6 Å². The Kier molecular flexibility index (Phi) is 12.0. The van der Waals surface area contributed by atoms with Crippen molar-refractivity contribution in [3.05, 3.63) is 64.2 Å². The molecule has 0 bridgehead atoms. The number of carboxylic acids is 1. The molecule has 0 aromatic heterocycles. The van der Waals surface area contributed by atoms with Crippen molar-refractivity contribution in [2.45, 2.75) is 38.7 Å². The van der Waals surface area contributed by atoms with Crippen LogP contribution in [0.2, 0.25) is 5.02 Å². The molecular weight excluding hydrogens is 570 g/mol. The number of aliphatic carboxylic acids is 1. The number of alkyl halides is 6. The molecule has 40 heavy (non-hydrogen) atoms. The van der Waals surface area contributed by atoms with Crippen molar-refractivity contribution < 1.29 is 55.2 Å². The monoisotopic (exact) mass is 594 g/mol. The van der Waals surface area contributed by atoms with Gasteiger partial charge in [-0.2, -0.15) is 26.3 Å². The highest BCUT2D eigenvalue weighted by Gasteiger charge is 2.30. The van der Waals surface area contributed by atoms with Crippen molar-refractivity contribution in [1.82, 2.24) is 0 Å². The molecule has 0 spiro atoms. The molecule has 1 N–H and O–H groups in total. The third kappa shape index (κ3) is 12.5. The summed E-state index contributed by atoms with van der Waals surface area (Å²) in [7, 11) is 0. The second-order valence-electron chi connectivity index (χ2n) is 8.20. The van der Waals surface area contributed by atoms with E-state index in [1.54, 1.807) is 38.1 Å². The predicted octanol–water partition coefficient (Wildman–Crippen LogP) is 6.63. The van der Waals surface area contributed by atoms with Crippen LogP contribution in [0.1, 0.15) is 25.0 Å². The molecule has 1 atom stereocenters. The van der Waals surface area contributed by atoms with Crippen LogP contribution in [0.3, 0.4) is 0 Å². The van der Waals surface area contributed by atoms with Gasteiger partial charge in [0.1, 0.15) is 23.9 Å². The van der Waals surface area contributed by atoms with Gasteiger partial charge in [0.2, 0.25) is 0 Å². The van der Waals surface area contributed by atoms with Crippen LogP contribution in [0.5, 0.6) is 17.2 Å². The summed E-state index contributed by atoms with van der Waals surface area (Å²) in [6, 6.07) is 7.99. The molecule has 2 rings (SSSR count). The summed E-state index contributed by atoms with van der Waals surface area (Å²) in [4.78, 5) is 11.3. The molecule has 0 heterocycles. The summed E-state index contributed by atoms with van der Waals surface area (Å²) < 4.78 is 95.1. The Bertz CT molecular complexity index is 1210. The van der Waals surface area contributed by atoms with E-state index in [-0.39, 0.29) is 41.7 Å². The van der Waals surface area contributed by atoms with Gasteiger partial charge in [-0.3, -0.25) is 0 Å². The SMILES string of the molecule is CCOC(Cc1ccc(OCC=C(C)C#Cc2cc(OCC(F)(F)F)cc(OCC(F)(F)F)c2)c(Cl)c1)C(=O)O. The van der Waals surface area contributed by atoms with Crippen molar-refractivity contribution >= 4 is 17.6 Å². The second kappa shape index (κ2) is 14.7. The van der Waals surface area contributed by atoms with E-state index in [2.05, 4.69) is 21.3 Å². The van der Waals surface area contributed by atoms with Crippen LogP contribution < -0.4 is 14.2 Å². The number of benzene rings is 2. The highest BCUT2D eigenvalue weighted by Crippen LogP contribution is 2.28. The van der Waals surface area contributed by atoms with Gasteiger partial charge in [0.05, 0.1) is 5.02 Å². The predicted molar refractivity (Wildman–Crippen MR) is 134 cm³/mol. The van der Waals surface area contributed by atoms with Gasteiger partial charge in [0.25, 0.3) is 0 Å². The Morgan fingerprint density at radius 3 is 2.10 bits per heavy atom. The van der Waals surface area contributed by atoms with Crippen LogP contribution in [0, 0.1) is 11.8 Å². The molecule has 13 heteroatoms. The van der Waals surface area contributed by atoms with Crippen LogP contribution in [-0.2, 0) is 16.0 Å². The van der Waals surface area contributed by atoms with Gasteiger partial charge >= 0.3 is 18.3 Å². The maximum atomic E-state index is 12.5. The van der Waals surface area contributed by atoms with Crippen molar-refractivity contribution in [3.8, 4) is 29.1 Å². The smallest absolute Gasteiger partial charge is 0.422 e. The number of ether oxygens (including phenoxy) is 4. The summed E-state index contributed by atoms with van der Waals surface area (Å²) in [6.45, 7) is 0.292. The number of halogens is 7. The third-order valence-electron chi connectivity index (χ3n) is 4.78. The molecule has 218 valence electrons. The van der Waals surface area contributed by atoms with Crippen LogP contribution in [0.25, 0.3) is 0 Å². The van der Waals surface area contributed by atoms with Gasteiger partial charge in [0.15, 0.2) is 19.3 Å². The fraction of sp³-hybridized carbons (Fsp3) is 0.370. The Labute approximate surface area is 231 Å². The standard InChI is InChI=1S/C27H25ClF6O6/c1-3-37-24(25(35)36)13-19-6-7-23(22(28)12-19)38-9-8-17(2)4-5-18-10-20(39-15-26(29,30)31)14-21(11-18)40-16-27(32,33)34/h6-8,10-12,14,24H,3,9,13,15-16H2,1-2H3,(H,35,36). The minimum atomic E-state index is -4.65. The van der Waals surface area contributed by atoms with E-state index in [1.165, 1.54) is 0 Å². The molecule has 0 aliphatic heterocycles. The van der Waals surface area contributed by atoms with Crippen molar-refractivity contribution in [2.24, 2.45) is 0 Å². The first kappa shape index (κ1) is 32.7. The lowest BCUT2D eigenvalue weighted by molar-refractivity contribution is -0.154. The van der Waals surface area contributed by atoms with Gasteiger partial charge < -0.3 is 24.1 Å². The zero-order chi connectivity index (χ0) is 29.9. The fourth-order valence-corrected chi connectivity index (χ4v) is 3.30. The highest BCUT2D eigenvalue weighted by molar-refractivity contribution is 6.32. The van der Waals surface area contributed by atoms with E-state index in [1.807, 2.05) is 0 Å². The normalized spacial score (nSPS) is 12.8. The average Bonchev–Trinajstić information content (AvgIpc) is 2.85. The second-order valence-corrected chi connectivity index (χ2v) is 8.61. The zero-order valence-corrected chi connectivity index (χ0v) is 22.0. The summed E-state index contributed by atoms with van der Waals surface area (Å²) in [5.74, 6) is 3.88. The molecule has 6 nitrogen and oxygen atoms in total. The van der Waals surface area contributed by atoms with Crippen LogP contribution in [-0.4, -0.2) is 56.0 Å². The third-order valence-corrected chi connectivity index (χ3v) is 5.07. The minimum Gasteiger partial charge on any atom is -0.488 e. The van der Waals surface area contributed by atoms with Gasteiger partial charge in [-0.05, 0) is 55.3 Å². The molecule has 0 aliphatic carbocycles. The Hall–Kier alpha value is -3.56. The zero-order valence-electron chi connectivity index (χ0n) is 21.3. The molecule has 0 radical (unpaired) electrons. The molecule has 2 aromatic rings. The summed E-state index contributed by atoms with van der Waals surface area (Å²) >= 11 is 6.24. The fourth-order valence-electron chi connectivity index (χ4n) is 3.04. The molecule has 1 unspecified atom stereocenters. The molecule has 0 fully saturated rings.